The van der Waals surface area contributed by atoms with Crippen LogP contribution in [0, 0.1) is 0 Å². The van der Waals surface area contributed by atoms with Crippen LogP contribution in [-0.4, -0.2) is 18.4 Å². The molecule has 0 aliphatic carbocycles. The molecule has 6 nitrogen and oxygen atoms in total. The van der Waals surface area contributed by atoms with Gasteiger partial charge in [0, 0.05) is 6.42 Å². The summed E-state index contributed by atoms with van der Waals surface area (Å²) in [5.41, 5.74) is 1.60. The van der Waals surface area contributed by atoms with Crippen LogP contribution in [0.1, 0.15) is 17.0 Å². The lowest BCUT2D eigenvalue weighted by atomic mass is 10.1. The van der Waals surface area contributed by atoms with Crippen LogP contribution in [0.5, 0.6) is 11.5 Å². The van der Waals surface area contributed by atoms with E-state index in [1.54, 1.807) is 18.2 Å². The van der Waals surface area contributed by atoms with Crippen LogP contribution in [0.4, 0.5) is 18.9 Å². The Bertz CT molecular complexity index is 1630. The highest BCUT2D eigenvalue weighted by atomic mass is 32.2. The molecule has 1 heterocycles. The number of para-hydroxylation sites is 1. The fourth-order valence-corrected chi connectivity index (χ4v) is 4.79. The van der Waals surface area contributed by atoms with E-state index in [0.717, 1.165) is 35.6 Å². The standard InChI is InChI=1S/C27H20F3N3O3S/c28-27(29,30)19-8-13-23(14-9-19)37(34,35)33-20-10-15-24-25(17-20)32-26(31-24)16-18-6-11-22(12-7-18)36-21-4-2-1-3-5-21/h1-15,17,33H,16H2,(H,31,32). The number of imidazole rings is 1. The third kappa shape index (κ3) is 5.75. The zero-order valence-corrected chi connectivity index (χ0v) is 20.0. The molecule has 0 fully saturated rings. The number of hydrogen-bond acceptors (Lipinski definition) is 4. The fraction of sp³-hybridized carbons (Fsp3) is 0.0741. The highest BCUT2D eigenvalue weighted by molar-refractivity contribution is 7.92. The van der Waals surface area contributed by atoms with Crippen LogP contribution in [0.25, 0.3) is 11.0 Å². The number of halogens is 3. The molecule has 0 saturated heterocycles. The van der Waals surface area contributed by atoms with Gasteiger partial charge in [-0.15, -0.1) is 0 Å². The van der Waals surface area contributed by atoms with Gasteiger partial charge in [-0.25, -0.2) is 13.4 Å². The maximum absolute atomic E-state index is 12.8. The molecule has 2 N–H and O–H groups in total. The number of aromatic amines is 1. The second kappa shape index (κ2) is 9.62. The van der Waals surface area contributed by atoms with Gasteiger partial charge in [0.05, 0.1) is 27.2 Å². The van der Waals surface area contributed by atoms with Crippen molar-refractivity contribution in [3.05, 3.63) is 114 Å². The van der Waals surface area contributed by atoms with Crippen molar-refractivity contribution in [2.24, 2.45) is 0 Å². The number of rotatable bonds is 7. The van der Waals surface area contributed by atoms with Gasteiger partial charge in [0.15, 0.2) is 0 Å². The highest BCUT2D eigenvalue weighted by Gasteiger charge is 2.30. The molecule has 0 radical (unpaired) electrons. The van der Waals surface area contributed by atoms with Crippen molar-refractivity contribution in [3.8, 4) is 11.5 Å². The maximum Gasteiger partial charge on any atom is 0.416 e. The highest BCUT2D eigenvalue weighted by Crippen LogP contribution is 2.30. The average Bonchev–Trinajstić information content (AvgIpc) is 3.27. The van der Waals surface area contributed by atoms with E-state index in [2.05, 4.69) is 14.7 Å². The number of anilines is 1. The average molecular weight is 524 g/mol. The zero-order valence-electron chi connectivity index (χ0n) is 19.2. The van der Waals surface area contributed by atoms with Gasteiger partial charge in [-0.2, -0.15) is 13.2 Å². The molecule has 37 heavy (non-hydrogen) atoms. The predicted molar refractivity (Wildman–Crippen MR) is 134 cm³/mol. The molecule has 0 saturated carbocycles. The van der Waals surface area contributed by atoms with E-state index in [-0.39, 0.29) is 10.6 Å². The first-order valence-electron chi connectivity index (χ1n) is 11.2. The Kier molecular flexibility index (Phi) is 6.34. The first kappa shape index (κ1) is 24.4. The van der Waals surface area contributed by atoms with Crippen molar-refractivity contribution >= 4 is 26.7 Å². The maximum atomic E-state index is 12.8. The van der Waals surface area contributed by atoms with Crippen molar-refractivity contribution in [3.63, 3.8) is 0 Å². The number of aromatic nitrogens is 2. The second-order valence-corrected chi connectivity index (χ2v) is 9.96. The van der Waals surface area contributed by atoms with E-state index < -0.39 is 21.8 Å². The van der Waals surface area contributed by atoms with Crippen LogP contribution in [0.2, 0.25) is 0 Å². The quantitative estimate of drug-likeness (QED) is 0.247. The largest absolute Gasteiger partial charge is 0.457 e. The fourth-order valence-electron chi connectivity index (χ4n) is 3.74. The zero-order chi connectivity index (χ0) is 26.0. The molecule has 0 unspecified atom stereocenters. The van der Waals surface area contributed by atoms with E-state index in [0.29, 0.717) is 29.0 Å². The summed E-state index contributed by atoms with van der Waals surface area (Å²) in [4.78, 5) is 7.47. The number of ether oxygens (including phenoxy) is 1. The van der Waals surface area contributed by atoms with Gasteiger partial charge < -0.3 is 9.72 Å². The van der Waals surface area contributed by atoms with Crippen LogP contribution in [0.3, 0.4) is 0 Å². The SMILES string of the molecule is O=S(=O)(Nc1ccc2nc(Cc3ccc(Oc4ccccc4)cc3)[nH]c2c1)c1ccc(C(F)(F)F)cc1. The first-order chi connectivity index (χ1) is 17.7. The number of benzene rings is 4. The monoisotopic (exact) mass is 523 g/mol. The second-order valence-electron chi connectivity index (χ2n) is 8.28. The Balaban J connectivity index is 1.28. The number of hydrogen-bond donors (Lipinski definition) is 2. The van der Waals surface area contributed by atoms with Crippen LogP contribution < -0.4 is 9.46 Å². The van der Waals surface area contributed by atoms with Gasteiger partial charge in [-0.1, -0.05) is 30.3 Å². The molecular formula is C27H20F3N3O3S. The number of H-pyrrole nitrogens is 1. The van der Waals surface area contributed by atoms with Crippen molar-refractivity contribution in [2.75, 3.05) is 4.72 Å². The minimum atomic E-state index is -4.54. The minimum absolute atomic E-state index is 0.255. The Labute approximate surface area is 210 Å². The number of nitrogens with one attached hydrogen (secondary N) is 2. The molecule has 1 aromatic heterocycles. The van der Waals surface area contributed by atoms with E-state index in [1.807, 2.05) is 54.6 Å². The molecule has 188 valence electrons. The Morgan fingerprint density at radius 1 is 0.838 bits per heavy atom. The van der Waals surface area contributed by atoms with Gasteiger partial charge >= 0.3 is 6.18 Å². The smallest absolute Gasteiger partial charge is 0.416 e. The molecule has 0 spiro atoms. The van der Waals surface area contributed by atoms with Gasteiger partial charge in [-0.05, 0) is 72.3 Å². The molecule has 0 bridgehead atoms. The van der Waals surface area contributed by atoms with E-state index in [9.17, 15) is 21.6 Å². The molecule has 5 rings (SSSR count). The van der Waals surface area contributed by atoms with Gasteiger partial charge in [0.2, 0.25) is 0 Å². The summed E-state index contributed by atoms with van der Waals surface area (Å²) in [7, 11) is -4.08. The Morgan fingerprint density at radius 3 is 2.19 bits per heavy atom. The van der Waals surface area contributed by atoms with Crippen LogP contribution >= 0.6 is 0 Å². The summed E-state index contributed by atoms with van der Waals surface area (Å²) < 4.78 is 71.8. The Hall–Kier alpha value is -4.31. The molecule has 0 aliphatic heterocycles. The number of alkyl halides is 3. The third-order valence-electron chi connectivity index (χ3n) is 5.55. The summed E-state index contributed by atoms with van der Waals surface area (Å²) in [6, 6.07) is 25.2. The molecule has 0 aliphatic rings. The summed E-state index contributed by atoms with van der Waals surface area (Å²) in [5.74, 6) is 2.15. The topological polar surface area (TPSA) is 84.1 Å². The summed E-state index contributed by atoms with van der Waals surface area (Å²) in [6.07, 6.45) is -4.02. The molecule has 0 amide bonds. The predicted octanol–water partition coefficient (Wildman–Crippen LogP) is 6.77. The third-order valence-corrected chi connectivity index (χ3v) is 6.95. The Morgan fingerprint density at radius 2 is 1.51 bits per heavy atom. The van der Waals surface area contributed by atoms with Crippen molar-refractivity contribution < 1.29 is 26.3 Å². The van der Waals surface area contributed by atoms with E-state index in [4.69, 9.17) is 4.74 Å². The minimum Gasteiger partial charge on any atom is -0.457 e. The van der Waals surface area contributed by atoms with Crippen molar-refractivity contribution in [1.82, 2.24) is 9.97 Å². The first-order valence-corrected chi connectivity index (χ1v) is 12.6. The van der Waals surface area contributed by atoms with Crippen LogP contribution in [0.15, 0.2) is 102 Å². The summed E-state index contributed by atoms with van der Waals surface area (Å²) in [6.45, 7) is 0. The van der Waals surface area contributed by atoms with Crippen LogP contribution in [-0.2, 0) is 22.6 Å². The number of nitrogens with zero attached hydrogens (tertiary/aromatic N) is 1. The number of sulfonamides is 1. The number of fused-ring (bicyclic) bond motifs is 1. The molecule has 10 heteroatoms. The normalized spacial score (nSPS) is 12.0. The van der Waals surface area contributed by atoms with Gasteiger partial charge in [0.1, 0.15) is 17.3 Å². The lowest BCUT2D eigenvalue weighted by Gasteiger charge is -2.10. The van der Waals surface area contributed by atoms with E-state index >= 15 is 0 Å². The summed E-state index contributed by atoms with van der Waals surface area (Å²) >= 11 is 0. The molecule has 0 atom stereocenters. The van der Waals surface area contributed by atoms with Gasteiger partial charge in [-0.3, -0.25) is 4.72 Å². The lowest BCUT2D eigenvalue weighted by molar-refractivity contribution is -0.137. The summed E-state index contributed by atoms with van der Waals surface area (Å²) in [5, 5.41) is 0. The van der Waals surface area contributed by atoms with Gasteiger partial charge in [0.25, 0.3) is 10.0 Å². The van der Waals surface area contributed by atoms with Crippen molar-refractivity contribution in [1.29, 1.82) is 0 Å². The molecule has 4 aromatic carbocycles. The molecule has 5 aromatic rings. The van der Waals surface area contributed by atoms with Crippen molar-refractivity contribution in [2.45, 2.75) is 17.5 Å². The van der Waals surface area contributed by atoms with E-state index in [1.165, 1.54) is 0 Å². The molecular weight excluding hydrogens is 503 g/mol. The lowest BCUT2D eigenvalue weighted by Crippen LogP contribution is -2.13.